The summed E-state index contributed by atoms with van der Waals surface area (Å²) in [6.07, 6.45) is 2.93. The molecule has 2 fully saturated rings. The number of carbonyl (C=O) groups is 2. The number of rotatable bonds is 3. The number of likely N-dealkylation sites (tertiary alicyclic amines) is 2. The number of aliphatic carboxylic acids is 1. The average molecular weight is 256 g/mol. The van der Waals surface area contributed by atoms with Crippen LogP contribution in [0.25, 0.3) is 0 Å². The first-order chi connectivity index (χ1) is 8.63. The van der Waals surface area contributed by atoms with Crippen molar-refractivity contribution in [2.45, 2.75) is 31.7 Å². The van der Waals surface area contributed by atoms with Gasteiger partial charge in [0.25, 0.3) is 0 Å². The molecule has 0 aromatic rings. The Labute approximate surface area is 106 Å². The fraction of sp³-hybridized carbons (Fsp3) is 0.833. The number of aliphatic hydroxyl groups is 1. The first-order valence-corrected chi connectivity index (χ1v) is 6.52. The number of aliphatic hydroxyl groups excluding tert-OH is 1. The number of carboxylic acid groups (broad SMARTS) is 1. The van der Waals surface area contributed by atoms with Gasteiger partial charge in [0.1, 0.15) is 6.04 Å². The van der Waals surface area contributed by atoms with Gasteiger partial charge >= 0.3 is 12.0 Å². The summed E-state index contributed by atoms with van der Waals surface area (Å²) in [6.45, 7) is 2.00. The molecule has 2 N–H and O–H groups in total. The van der Waals surface area contributed by atoms with Crippen molar-refractivity contribution in [1.82, 2.24) is 9.80 Å². The van der Waals surface area contributed by atoms with Crippen molar-refractivity contribution in [2.75, 3.05) is 26.2 Å². The first-order valence-electron chi connectivity index (χ1n) is 6.52. The molecule has 2 heterocycles. The number of nitrogens with zero attached hydrogens (tertiary/aromatic N) is 2. The predicted molar refractivity (Wildman–Crippen MR) is 64.1 cm³/mol. The molecular formula is C12H20N2O4. The van der Waals surface area contributed by atoms with Crippen molar-refractivity contribution in [1.29, 1.82) is 0 Å². The Hall–Kier alpha value is -1.30. The summed E-state index contributed by atoms with van der Waals surface area (Å²) in [4.78, 5) is 26.5. The van der Waals surface area contributed by atoms with Crippen LogP contribution in [-0.2, 0) is 4.79 Å². The van der Waals surface area contributed by atoms with Gasteiger partial charge in [0, 0.05) is 26.2 Å². The van der Waals surface area contributed by atoms with Gasteiger partial charge in [0.15, 0.2) is 0 Å². The molecular weight excluding hydrogens is 236 g/mol. The molecule has 0 aromatic heterocycles. The van der Waals surface area contributed by atoms with Crippen LogP contribution in [-0.4, -0.2) is 64.3 Å². The highest BCUT2D eigenvalue weighted by Crippen LogP contribution is 2.24. The van der Waals surface area contributed by atoms with Crippen LogP contribution in [0.15, 0.2) is 0 Å². The van der Waals surface area contributed by atoms with Crippen LogP contribution in [0.4, 0.5) is 4.79 Å². The third-order valence-electron chi connectivity index (χ3n) is 3.88. The van der Waals surface area contributed by atoms with E-state index < -0.39 is 12.0 Å². The van der Waals surface area contributed by atoms with E-state index in [4.69, 9.17) is 10.2 Å². The standard InChI is InChI=1S/C12H20N2O4/c15-7-4-9-3-6-13(8-9)12(18)14-5-1-2-10(14)11(16)17/h9-10,15H,1-8H2,(H,16,17)/t9?,10-/m0/s1. The third-order valence-corrected chi connectivity index (χ3v) is 3.88. The van der Waals surface area contributed by atoms with Crippen LogP contribution < -0.4 is 0 Å². The monoisotopic (exact) mass is 256 g/mol. The molecule has 2 rings (SSSR count). The number of hydrogen-bond acceptors (Lipinski definition) is 3. The molecule has 0 radical (unpaired) electrons. The van der Waals surface area contributed by atoms with Gasteiger partial charge < -0.3 is 20.0 Å². The van der Waals surface area contributed by atoms with E-state index in [2.05, 4.69) is 0 Å². The maximum Gasteiger partial charge on any atom is 0.326 e. The third kappa shape index (κ3) is 2.58. The number of urea groups is 1. The molecule has 6 heteroatoms. The first kappa shape index (κ1) is 13.1. The fourth-order valence-corrected chi connectivity index (χ4v) is 2.86. The zero-order valence-corrected chi connectivity index (χ0v) is 10.4. The van der Waals surface area contributed by atoms with Crippen molar-refractivity contribution < 1.29 is 19.8 Å². The Balaban J connectivity index is 1.93. The van der Waals surface area contributed by atoms with E-state index in [-0.39, 0.29) is 12.6 Å². The lowest BCUT2D eigenvalue weighted by Gasteiger charge is -2.27. The van der Waals surface area contributed by atoms with Gasteiger partial charge in [-0.3, -0.25) is 0 Å². The van der Waals surface area contributed by atoms with Gasteiger partial charge in [-0.1, -0.05) is 0 Å². The Morgan fingerprint density at radius 2 is 2.00 bits per heavy atom. The zero-order chi connectivity index (χ0) is 13.1. The zero-order valence-electron chi connectivity index (χ0n) is 10.4. The fourth-order valence-electron chi connectivity index (χ4n) is 2.86. The average Bonchev–Trinajstić information content (AvgIpc) is 2.96. The molecule has 18 heavy (non-hydrogen) atoms. The topological polar surface area (TPSA) is 81.1 Å². The molecule has 2 saturated heterocycles. The van der Waals surface area contributed by atoms with E-state index in [1.165, 1.54) is 4.90 Å². The Kier molecular flexibility index (Phi) is 4.06. The molecule has 6 nitrogen and oxygen atoms in total. The van der Waals surface area contributed by atoms with Gasteiger partial charge in [0.05, 0.1) is 0 Å². The minimum atomic E-state index is -0.910. The quantitative estimate of drug-likeness (QED) is 0.764. The summed E-state index contributed by atoms with van der Waals surface area (Å²) < 4.78 is 0. The molecule has 0 saturated carbocycles. The van der Waals surface area contributed by atoms with Crippen molar-refractivity contribution >= 4 is 12.0 Å². The highest BCUT2D eigenvalue weighted by atomic mass is 16.4. The molecule has 0 aliphatic carbocycles. The lowest BCUT2D eigenvalue weighted by atomic mass is 10.1. The number of carbonyl (C=O) groups excluding carboxylic acids is 1. The highest BCUT2D eigenvalue weighted by molar-refractivity contribution is 5.83. The molecule has 2 aliphatic rings. The summed E-state index contributed by atoms with van der Waals surface area (Å²) in [5.74, 6) is -0.559. The van der Waals surface area contributed by atoms with E-state index in [9.17, 15) is 9.59 Å². The second-order valence-electron chi connectivity index (χ2n) is 5.09. The maximum absolute atomic E-state index is 12.2. The molecule has 2 amide bonds. The van der Waals surface area contributed by atoms with Gasteiger partial charge in [-0.2, -0.15) is 0 Å². The SMILES string of the molecule is O=C(O)[C@@H]1CCCN1C(=O)N1CCC(CCO)C1. The maximum atomic E-state index is 12.2. The van der Waals surface area contributed by atoms with E-state index in [1.807, 2.05) is 0 Å². The lowest BCUT2D eigenvalue weighted by molar-refractivity contribution is -0.141. The summed E-state index contributed by atoms with van der Waals surface area (Å²) in [5, 5.41) is 18.0. The van der Waals surface area contributed by atoms with Crippen LogP contribution in [0, 0.1) is 5.92 Å². The Morgan fingerprint density at radius 3 is 2.67 bits per heavy atom. The summed E-state index contributed by atoms with van der Waals surface area (Å²) >= 11 is 0. The van der Waals surface area contributed by atoms with Crippen LogP contribution in [0.1, 0.15) is 25.7 Å². The second kappa shape index (κ2) is 5.56. The summed E-state index contributed by atoms with van der Waals surface area (Å²) in [7, 11) is 0. The molecule has 2 atom stereocenters. The summed E-state index contributed by atoms with van der Waals surface area (Å²) in [5.41, 5.74) is 0. The van der Waals surface area contributed by atoms with Gasteiger partial charge in [-0.05, 0) is 31.6 Å². The normalized spacial score (nSPS) is 27.8. The largest absolute Gasteiger partial charge is 0.480 e. The van der Waals surface area contributed by atoms with Crippen molar-refractivity contribution in [2.24, 2.45) is 5.92 Å². The van der Waals surface area contributed by atoms with Crippen LogP contribution in [0.5, 0.6) is 0 Å². The minimum absolute atomic E-state index is 0.147. The van der Waals surface area contributed by atoms with E-state index >= 15 is 0 Å². The van der Waals surface area contributed by atoms with Crippen LogP contribution >= 0.6 is 0 Å². The van der Waals surface area contributed by atoms with Gasteiger partial charge in [-0.15, -0.1) is 0 Å². The molecule has 102 valence electrons. The smallest absolute Gasteiger partial charge is 0.326 e. The number of carboxylic acids is 1. The lowest BCUT2D eigenvalue weighted by Crippen LogP contribution is -2.47. The highest BCUT2D eigenvalue weighted by Gasteiger charge is 2.38. The number of hydrogen-bond donors (Lipinski definition) is 2. The van der Waals surface area contributed by atoms with Crippen molar-refractivity contribution in [3.63, 3.8) is 0 Å². The second-order valence-corrected chi connectivity index (χ2v) is 5.09. The van der Waals surface area contributed by atoms with E-state index in [0.717, 1.165) is 12.8 Å². The molecule has 1 unspecified atom stereocenters. The number of amides is 2. The van der Waals surface area contributed by atoms with Gasteiger partial charge in [0.2, 0.25) is 0 Å². The van der Waals surface area contributed by atoms with E-state index in [1.54, 1.807) is 4.90 Å². The van der Waals surface area contributed by atoms with Crippen molar-refractivity contribution in [3.05, 3.63) is 0 Å². The Bertz CT molecular complexity index is 334. The Morgan fingerprint density at radius 1 is 1.22 bits per heavy atom. The minimum Gasteiger partial charge on any atom is -0.480 e. The molecule has 0 bridgehead atoms. The van der Waals surface area contributed by atoms with Crippen LogP contribution in [0.2, 0.25) is 0 Å². The summed E-state index contributed by atoms with van der Waals surface area (Å²) in [6, 6.07) is -0.810. The van der Waals surface area contributed by atoms with Crippen LogP contribution in [0.3, 0.4) is 0 Å². The molecule has 2 aliphatic heterocycles. The van der Waals surface area contributed by atoms with Gasteiger partial charge in [-0.25, -0.2) is 9.59 Å². The molecule has 0 aromatic carbocycles. The predicted octanol–water partition coefficient (Wildman–Crippen LogP) is 0.360. The van der Waals surface area contributed by atoms with E-state index in [0.29, 0.717) is 38.4 Å². The van der Waals surface area contributed by atoms with Crippen molar-refractivity contribution in [3.8, 4) is 0 Å². The molecule has 0 spiro atoms.